The van der Waals surface area contributed by atoms with E-state index in [0.29, 0.717) is 6.42 Å². The Bertz CT molecular complexity index is 516. The number of hydrogen-bond donors (Lipinski definition) is 0. The van der Waals surface area contributed by atoms with Crippen molar-refractivity contribution in [2.45, 2.75) is 51.5 Å². The van der Waals surface area contributed by atoms with Gasteiger partial charge in [0.2, 0.25) is 5.91 Å². The summed E-state index contributed by atoms with van der Waals surface area (Å²) in [5.74, 6) is 1.90. The molecule has 122 valence electrons. The largest absolute Gasteiger partial charge is 0.343 e. The zero-order chi connectivity index (χ0) is 16.1. The minimum absolute atomic E-state index is 0.199. The highest BCUT2D eigenvalue weighted by Gasteiger charge is 2.25. The summed E-state index contributed by atoms with van der Waals surface area (Å²) in [6, 6.07) is 8.84. The van der Waals surface area contributed by atoms with Gasteiger partial charge in [0.25, 0.3) is 0 Å². The predicted octanol–water partition coefficient (Wildman–Crippen LogP) is 3.11. The van der Waals surface area contributed by atoms with E-state index in [0.717, 1.165) is 30.8 Å². The molecule has 4 heteroatoms. The van der Waals surface area contributed by atoms with Gasteiger partial charge in [-0.05, 0) is 36.3 Å². The van der Waals surface area contributed by atoms with Crippen LogP contribution in [0.25, 0.3) is 0 Å². The van der Waals surface area contributed by atoms with Crippen LogP contribution in [-0.2, 0) is 22.0 Å². The first-order valence-corrected chi connectivity index (χ1v) is 9.69. The van der Waals surface area contributed by atoms with E-state index in [4.69, 9.17) is 0 Å². The SMILES string of the molecule is CCc1ccc(C(C)CC(=O)N(C)C2CCS(=O)CC2)cc1. The fraction of sp³-hybridized carbons (Fsp3) is 0.611. The Labute approximate surface area is 136 Å². The second kappa shape index (κ2) is 7.91. The van der Waals surface area contributed by atoms with Gasteiger partial charge in [0, 0.05) is 41.8 Å². The molecular formula is C18H27NO2S. The van der Waals surface area contributed by atoms with Gasteiger partial charge in [-0.25, -0.2) is 0 Å². The summed E-state index contributed by atoms with van der Waals surface area (Å²) in [6.07, 6.45) is 3.32. The van der Waals surface area contributed by atoms with Crippen LogP contribution in [-0.4, -0.2) is 39.6 Å². The summed E-state index contributed by atoms with van der Waals surface area (Å²) in [5, 5.41) is 0. The number of carbonyl (C=O) groups excluding carboxylic acids is 1. The monoisotopic (exact) mass is 321 g/mol. The second-order valence-electron chi connectivity index (χ2n) is 6.28. The topological polar surface area (TPSA) is 37.4 Å². The molecule has 0 bridgehead atoms. The molecule has 0 aromatic heterocycles. The minimum atomic E-state index is -0.672. The van der Waals surface area contributed by atoms with E-state index in [9.17, 15) is 9.00 Å². The molecule has 3 nitrogen and oxygen atoms in total. The lowest BCUT2D eigenvalue weighted by atomic mass is 9.95. The molecule has 1 fully saturated rings. The summed E-state index contributed by atoms with van der Waals surface area (Å²) >= 11 is 0. The number of amides is 1. The fourth-order valence-corrected chi connectivity index (χ4v) is 4.25. The van der Waals surface area contributed by atoms with Crippen molar-refractivity contribution in [2.75, 3.05) is 18.6 Å². The molecule has 0 N–H and O–H groups in total. The predicted molar refractivity (Wildman–Crippen MR) is 92.5 cm³/mol. The lowest BCUT2D eigenvalue weighted by molar-refractivity contribution is -0.132. The van der Waals surface area contributed by atoms with Gasteiger partial charge in [-0.1, -0.05) is 38.1 Å². The molecular weight excluding hydrogens is 294 g/mol. The maximum atomic E-state index is 12.5. The van der Waals surface area contributed by atoms with E-state index < -0.39 is 10.8 Å². The molecule has 0 saturated carbocycles. The first-order chi connectivity index (χ1) is 10.5. The molecule has 1 aliphatic rings. The molecule has 22 heavy (non-hydrogen) atoms. The molecule has 1 saturated heterocycles. The second-order valence-corrected chi connectivity index (χ2v) is 7.98. The Kier molecular flexibility index (Phi) is 6.18. The van der Waals surface area contributed by atoms with Gasteiger partial charge in [0.1, 0.15) is 0 Å². The van der Waals surface area contributed by atoms with Gasteiger partial charge < -0.3 is 4.90 Å². The molecule has 1 aliphatic heterocycles. The summed E-state index contributed by atoms with van der Waals surface area (Å²) in [7, 11) is 1.22. The average molecular weight is 321 g/mol. The quantitative estimate of drug-likeness (QED) is 0.835. The van der Waals surface area contributed by atoms with Crippen LogP contribution in [0, 0.1) is 0 Å². The first kappa shape index (κ1) is 17.2. The number of aryl methyl sites for hydroxylation is 1. The molecule has 1 unspecified atom stereocenters. The molecule has 1 heterocycles. The van der Waals surface area contributed by atoms with Crippen molar-refractivity contribution in [3.8, 4) is 0 Å². The normalized spacial score (nSPS) is 23.0. The van der Waals surface area contributed by atoms with Crippen molar-refractivity contribution >= 4 is 16.7 Å². The van der Waals surface area contributed by atoms with Crippen LogP contribution in [0.3, 0.4) is 0 Å². The van der Waals surface area contributed by atoms with E-state index in [1.54, 1.807) is 0 Å². The van der Waals surface area contributed by atoms with Crippen molar-refractivity contribution < 1.29 is 9.00 Å². The van der Waals surface area contributed by atoms with Crippen molar-refractivity contribution in [1.82, 2.24) is 4.90 Å². The van der Waals surface area contributed by atoms with Crippen LogP contribution in [0.2, 0.25) is 0 Å². The molecule has 1 atom stereocenters. The van der Waals surface area contributed by atoms with Crippen molar-refractivity contribution in [3.63, 3.8) is 0 Å². The Morgan fingerprint density at radius 1 is 1.27 bits per heavy atom. The van der Waals surface area contributed by atoms with Crippen molar-refractivity contribution in [3.05, 3.63) is 35.4 Å². The third-order valence-corrected chi connectivity index (χ3v) is 6.12. The van der Waals surface area contributed by atoms with Gasteiger partial charge in [-0.15, -0.1) is 0 Å². The highest BCUT2D eigenvalue weighted by atomic mass is 32.2. The standard InChI is InChI=1S/C18H27NO2S/c1-4-15-5-7-16(8-6-15)14(2)13-18(20)19(3)17-9-11-22(21)12-10-17/h5-8,14,17H,4,9-13H2,1-3H3. The minimum Gasteiger partial charge on any atom is -0.343 e. The van der Waals surface area contributed by atoms with E-state index >= 15 is 0 Å². The van der Waals surface area contributed by atoms with Gasteiger partial charge >= 0.3 is 0 Å². The molecule has 1 amide bonds. The van der Waals surface area contributed by atoms with Gasteiger partial charge in [0.05, 0.1) is 0 Å². The average Bonchev–Trinajstić information content (AvgIpc) is 2.54. The molecule has 0 spiro atoms. The van der Waals surface area contributed by atoms with Crippen LogP contribution in [0.4, 0.5) is 0 Å². The number of benzene rings is 1. The Balaban J connectivity index is 1.90. The maximum Gasteiger partial charge on any atom is 0.223 e. The smallest absolute Gasteiger partial charge is 0.223 e. The van der Waals surface area contributed by atoms with Gasteiger partial charge in [-0.2, -0.15) is 0 Å². The summed E-state index contributed by atoms with van der Waals surface area (Å²) in [6.45, 7) is 4.26. The maximum absolute atomic E-state index is 12.5. The number of hydrogen-bond acceptors (Lipinski definition) is 2. The molecule has 2 rings (SSSR count). The third kappa shape index (κ3) is 4.42. The highest BCUT2D eigenvalue weighted by Crippen LogP contribution is 2.22. The van der Waals surface area contributed by atoms with Crippen LogP contribution < -0.4 is 0 Å². The zero-order valence-corrected chi connectivity index (χ0v) is 14.7. The van der Waals surface area contributed by atoms with Crippen molar-refractivity contribution in [2.24, 2.45) is 0 Å². The summed E-state index contributed by atoms with van der Waals surface area (Å²) < 4.78 is 11.4. The van der Waals surface area contributed by atoms with Gasteiger partial charge in [0.15, 0.2) is 0 Å². The summed E-state index contributed by atoms with van der Waals surface area (Å²) in [5.41, 5.74) is 2.55. The van der Waals surface area contributed by atoms with Gasteiger partial charge in [-0.3, -0.25) is 9.00 Å². The van der Waals surface area contributed by atoms with Crippen LogP contribution in [0.1, 0.15) is 50.2 Å². The lowest BCUT2D eigenvalue weighted by Gasteiger charge is -2.31. The number of carbonyl (C=O) groups is 1. The first-order valence-electron chi connectivity index (χ1n) is 8.20. The highest BCUT2D eigenvalue weighted by molar-refractivity contribution is 7.85. The van der Waals surface area contributed by atoms with E-state index in [1.807, 2.05) is 11.9 Å². The molecule has 0 radical (unpaired) electrons. The Morgan fingerprint density at radius 2 is 1.86 bits per heavy atom. The van der Waals surface area contributed by atoms with Crippen LogP contribution >= 0.6 is 0 Å². The zero-order valence-electron chi connectivity index (χ0n) is 13.9. The fourth-order valence-electron chi connectivity index (χ4n) is 2.98. The van der Waals surface area contributed by atoms with E-state index in [2.05, 4.69) is 38.1 Å². The molecule has 0 aliphatic carbocycles. The van der Waals surface area contributed by atoms with Crippen LogP contribution in [0.5, 0.6) is 0 Å². The van der Waals surface area contributed by atoms with E-state index in [-0.39, 0.29) is 17.9 Å². The Hall–Kier alpha value is -1.16. The van der Waals surface area contributed by atoms with Crippen molar-refractivity contribution in [1.29, 1.82) is 0 Å². The van der Waals surface area contributed by atoms with Crippen LogP contribution in [0.15, 0.2) is 24.3 Å². The third-order valence-electron chi connectivity index (χ3n) is 4.74. The Morgan fingerprint density at radius 3 is 2.41 bits per heavy atom. The molecule has 1 aromatic carbocycles. The lowest BCUT2D eigenvalue weighted by Crippen LogP contribution is -2.41. The number of rotatable bonds is 5. The molecule has 1 aromatic rings. The number of nitrogens with zero attached hydrogens (tertiary/aromatic N) is 1. The summed E-state index contributed by atoms with van der Waals surface area (Å²) in [4.78, 5) is 14.4. The van der Waals surface area contributed by atoms with E-state index in [1.165, 1.54) is 11.1 Å².